The highest BCUT2D eigenvalue weighted by Gasteiger charge is 2.57. The molecule has 23 heavy (non-hydrogen) atoms. The number of nitrogens with zero attached hydrogens (tertiary/aromatic N) is 1. The molecule has 1 fully saturated rings. The van der Waals surface area contributed by atoms with Crippen molar-refractivity contribution >= 4 is 0 Å². The molecule has 0 radical (unpaired) electrons. The summed E-state index contributed by atoms with van der Waals surface area (Å²) >= 11 is 0. The monoisotopic (exact) mass is 363 g/mol. The Morgan fingerprint density at radius 1 is 0.870 bits per heavy atom. The summed E-state index contributed by atoms with van der Waals surface area (Å²) < 4.78 is 123. The zero-order valence-electron chi connectivity index (χ0n) is 11.6. The normalized spacial score (nSPS) is 21.3. The third-order valence-corrected chi connectivity index (χ3v) is 2.96. The summed E-state index contributed by atoms with van der Waals surface area (Å²) in [5.41, 5.74) is 0. The molecule has 0 aliphatic carbocycles. The van der Waals surface area contributed by atoms with Crippen molar-refractivity contribution in [1.29, 1.82) is 0 Å². The van der Waals surface area contributed by atoms with Gasteiger partial charge in [0.05, 0.1) is 13.2 Å². The molecule has 2 atom stereocenters. The molecule has 1 aliphatic heterocycles. The minimum Gasteiger partial charge on any atom is -0.379 e. The maximum atomic E-state index is 13.6. The van der Waals surface area contributed by atoms with Gasteiger partial charge in [-0.25, -0.2) is 17.6 Å². The Morgan fingerprint density at radius 2 is 1.35 bits per heavy atom. The minimum absolute atomic E-state index is 0.00938. The molecule has 12 heteroatoms. The van der Waals surface area contributed by atoms with Crippen molar-refractivity contribution in [3.05, 3.63) is 0 Å². The fraction of sp³-hybridized carbons (Fsp3) is 1.00. The zero-order valence-corrected chi connectivity index (χ0v) is 11.6. The summed E-state index contributed by atoms with van der Waals surface area (Å²) in [4.78, 5) is 0.679. The first-order chi connectivity index (χ1) is 10.4. The molecule has 0 amide bonds. The van der Waals surface area contributed by atoms with Gasteiger partial charge in [-0.15, -0.1) is 0 Å². The number of halogens is 9. The van der Waals surface area contributed by atoms with Crippen LogP contribution in [0.4, 0.5) is 39.5 Å². The lowest BCUT2D eigenvalue weighted by atomic mass is 10.2. The van der Waals surface area contributed by atoms with Crippen LogP contribution < -0.4 is 0 Å². The van der Waals surface area contributed by atoms with Gasteiger partial charge in [-0.3, -0.25) is 4.90 Å². The SMILES string of the molecule is FC(N1CCOCC1)C(F)(F)COCC(F)(F)C(F)C(F)(F)F. The van der Waals surface area contributed by atoms with E-state index >= 15 is 0 Å². The van der Waals surface area contributed by atoms with Crippen molar-refractivity contribution in [2.45, 2.75) is 30.5 Å². The van der Waals surface area contributed by atoms with Crippen LogP contribution in [0, 0.1) is 0 Å². The Morgan fingerprint density at radius 3 is 1.83 bits per heavy atom. The van der Waals surface area contributed by atoms with E-state index in [1.54, 1.807) is 0 Å². The van der Waals surface area contributed by atoms with E-state index in [0.29, 0.717) is 4.90 Å². The highest BCUT2D eigenvalue weighted by molar-refractivity contribution is 4.84. The third kappa shape index (κ3) is 5.68. The van der Waals surface area contributed by atoms with Crippen LogP contribution in [0.25, 0.3) is 0 Å². The number of morpholine rings is 1. The molecule has 2 unspecified atom stereocenters. The Bertz CT molecular complexity index is 371. The molecule has 3 nitrogen and oxygen atoms in total. The fourth-order valence-electron chi connectivity index (χ4n) is 1.78. The van der Waals surface area contributed by atoms with Gasteiger partial charge < -0.3 is 9.47 Å². The molecule has 0 aromatic rings. The predicted molar refractivity (Wildman–Crippen MR) is 59.0 cm³/mol. The molecule has 0 bridgehead atoms. The van der Waals surface area contributed by atoms with Crippen molar-refractivity contribution in [1.82, 2.24) is 4.90 Å². The Balaban J connectivity index is 2.52. The van der Waals surface area contributed by atoms with Gasteiger partial charge in [0.25, 0.3) is 6.17 Å². The second-order valence-corrected chi connectivity index (χ2v) is 4.90. The fourth-order valence-corrected chi connectivity index (χ4v) is 1.78. The van der Waals surface area contributed by atoms with Gasteiger partial charge >= 0.3 is 18.0 Å². The van der Waals surface area contributed by atoms with Gasteiger partial charge in [-0.05, 0) is 0 Å². The van der Waals surface area contributed by atoms with Gasteiger partial charge in [0.15, 0.2) is 0 Å². The van der Waals surface area contributed by atoms with Crippen LogP contribution in [0.3, 0.4) is 0 Å². The van der Waals surface area contributed by atoms with Crippen molar-refractivity contribution in [2.75, 3.05) is 39.5 Å². The molecule has 0 aromatic heterocycles. The van der Waals surface area contributed by atoms with Gasteiger partial charge in [0, 0.05) is 13.1 Å². The van der Waals surface area contributed by atoms with Gasteiger partial charge in [-0.1, -0.05) is 0 Å². The first-order valence-electron chi connectivity index (χ1n) is 6.38. The maximum Gasteiger partial charge on any atom is 0.425 e. The average Bonchev–Trinajstić information content (AvgIpc) is 2.45. The summed E-state index contributed by atoms with van der Waals surface area (Å²) in [6.45, 7) is -4.53. The average molecular weight is 363 g/mol. The van der Waals surface area contributed by atoms with E-state index in [-0.39, 0.29) is 26.3 Å². The van der Waals surface area contributed by atoms with Gasteiger partial charge in [-0.2, -0.15) is 22.0 Å². The topological polar surface area (TPSA) is 21.7 Å². The number of hydrogen-bond acceptors (Lipinski definition) is 3. The first-order valence-corrected chi connectivity index (χ1v) is 6.38. The molecule has 1 aliphatic rings. The van der Waals surface area contributed by atoms with E-state index in [4.69, 9.17) is 4.74 Å². The quantitative estimate of drug-likeness (QED) is 0.513. The highest BCUT2D eigenvalue weighted by atomic mass is 19.4. The third-order valence-electron chi connectivity index (χ3n) is 2.96. The van der Waals surface area contributed by atoms with E-state index in [1.807, 2.05) is 0 Å². The lowest BCUT2D eigenvalue weighted by Gasteiger charge is -2.33. The summed E-state index contributed by atoms with van der Waals surface area (Å²) in [5.74, 6) is -9.31. The zero-order chi connectivity index (χ0) is 17.9. The molecule has 1 heterocycles. The van der Waals surface area contributed by atoms with Crippen LogP contribution in [-0.4, -0.2) is 74.9 Å². The van der Waals surface area contributed by atoms with Gasteiger partial charge in [0.2, 0.25) is 6.30 Å². The van der Waals surface area contributed by atoms with Crippen LogP contribution in [0.1, 0.15) is 0 Å². The lowest BCUT2D eigenvalue weighted by Crippen LogP contribution is -2.52. The molecule has 0 N–H and O–H groups in total. The maximum absolute atomic E-state index is 13.6. The number of alkyl halides is 9. The smallest absolute Gasteiger partial charge is 0.379 e. The van der Waals surface area contributed by atoms with Crippen molar-refractivity contribution in [3.8, 4) is 0 Å². The van der Waals surface area contributed by atoms with Crippen LogP contribution in [-0.2, 0) is 9.47 Å². The summed E-state index contributed by atoms with van der Waals surface area (Å²) in [6, 6.07) is 0. The Hall–Kier alpha value is -0.750. The summed E-state index contributed by atoms with van der Waals surface area (Å²) in [7, 11) is 0. The van der Waals surface area contributed by atoms with Gasteiger partial charge in [0.1, 0.15) is 13.2 Å². The van der Waals surface area contributed by atoms with Crippen LogP contribution in [0.5, 0.6) is 0 Å². The number of rotatable bonds is 7. The second kappa shape index (κ2) is 7.43. The standard InChI is InChI=1S/C11H14F9NO2/c12-7(11(18,19)20)9(14,15)5-23-6-10(16,17)8(13)21-1-3-22-4-2-21/h7-8H,1-6H2. The molecular weight excluding hydrogens is 349 g/mol. The number of ether oxygens (including phenoxy) is 2. The first kappa shape index (κ1) is 20.3. The Kier molecular flexibility index (Phi) is 6.55. The predicted octanol–water partition coefficient (Wildman–Crippen LogP) is 2.80. The van der Waals surface area contributed by atoms with Crippen LogP contribution in [0.2, 0.25) is 0 Å². The molecule has 0 aromatic carbocycles. The highest BCUT2D eigenvalue weighted by Crippen LogP contribution is 2.35. The lowest BCUT2D eigenvalue weighted by molar-refractivity contribution is -0.262. The minimum atomic E-state index is -5.87. The largest absolute Gasteiger partial charge is 0.425 e. The van der Waals surface area contributed by atoms with E-state index in [9.17, 15) is 39.5 Å². The van der Waals surface area contributed by atoms with Crippen molar-refractivity contribution in [2.24, 2.45) is 0 Å². The number of hydrogen-bond donors (Lipinski definition) is 0. The summed E-state index contributed by atoms with van der Waals surface area (Å²) in [5, 5.41) is 0. The van der Waals surface area contributed by atoms with E-state index in [0.717, 1.165) is 0 Å². The van der Waals surface area contributed by atoms with Crippen molar-refractivity contribution < 1.29 is 49.0 Å². The van der Waals surface area contributed by atoms with E-state index in [2.05, 4.69) is 4.74 Å². The molecule has 0 spiro atoms. The molecule has 1 saturated heterocycles. The van der Waals surface area contributed by atoms with E-state index < -0.39 is 43.7 Å². The molecule has 0 saturated carbocycles. The molecular formula is C11H14F9NO2. The Labute approximate surface area is 125 Å². The molecule has 1 rings (SSSR count). The second-order valence-electron chi connectivity index (χ2n) is 4.90. The molecule has 138 valence electrons. The van der Waals surface area contributed by atoms with Crippen molar-refractivity contribution in [3.63, 3.8) is 0 Å². The van der Waals surface area contributed by atoms with Crippen LogP contribution in [0.15, 0.2) is 0 Å². The summed E-state index contributed by atoms with van der Waals surface area (Å²) in [6.07, 6.45) is -13.3. The van der Waals surface area contributed by atoms with E-state index in [1.165, 1.54) is 0 Å². The van der Waals surface area contributed by atoms with Crippen LogP contribution >= 0.6 is 0 Å².